The maximum Gasteiger partial charge on any atom is 0.429 e. The maximum atomic E-state index is 15.1. The second kappa shape index (κ2) is 14.7. The van der Waals surface area contributed by atoms with Crippen molar-refractivity contribution in [1.29, 1.82) is 0 Å². The van der Waals surface area contributed by atoms with Crippen LogP contribution in [-0.4, -0.2) is 82.0 Å². The molecular weight excluding hydrogens is 555 g/mol. The molecular formula is C35H49FN6O2. The van der Waals surface area contributed by atoms with Gasteiger partial charge in [0.1, 0.15) is 12.0 Å². The summed E-state index contributed by atoms with van der Waals surface area (Å²) in [7, 11) is 0. The van der Waals surface area contributed by atoms with Crippen molar-refractivity contribution in [2.24, 2.45) is 11.1 Å². The molecule has 2 N–H and O–H groups in total. The van der Waals surface area contributed by atoms with Gasteiger partial charge in [0.15, 0.2) is 0 Å². The number of imidazole rings is 1. The van der Waals surface area contributed by atoms with Gasteiger partial charge in [-0.3, -0.25) is 4.90 Å². The molecule has 0 saturated carbocycles. The van der Waals surface area contributed by atoms with Crippen molar-refractivity contribution in [3.05, 3.63) is 78.2 Å². The lowest BCUT2D eigenvalue weighted by Gasteiger charge is -2.42. The Labute approximate surface area is 261 Å². The van der Waals surface area contributed by atoms with E-state index in [0.717, 1.165) is 42.8 Å². The Bertz CT molecular complexity index is 1310. The summed E-state index contributed by atoms with van der Waals surface area (Å²) in [5, 5.41) is 1.76. The molecule has 3 aromatic rings. The van der Waals surface area contributed by atoms with Crippen LogP contribution in [0.5, 0.6) is 0 Å². The van der Waals surface area contributed by atoms with Crippen molar-refractivity contribution in [2.45, 2.75) is 77.7 Å². The molecule has 9 heteroatoms. The Morgan fingerprint density at radius 2 is 1.64 bits per heavy atom. The van der Waals surface area contributed by atoms with Crippen LogP contribution in [0.1, 0.15) is 70.3 Å². The van der Waals surface area contributed by atoms with Crippen molar-refractivity contribution >= 4 is 6.09 Å². The number of benzene rings is 2. The number of carbonyl (C=O) groups excluding carboxylic acids is 1. The number of nitrogens with zero attached hydrogens (tertiary/aromatic N) is 5. The zero-order chi connectivity index (χ0) is 31.1. The number of aromatic nitrogens is 2. The summed E-state index contributed by atoms with van der Waals surface area (Å²) in [4.78, 5) is 29.3. The Balaban J connectivity index is 1.44. The van der Waals surface area contributed by atoms with E-state index in [2.05, 4.69) is 42.4 Å². The number of alkyl halides is 1. The van der Waals surface area contributed by atoms with E-state index in [4.69, 9.17) is 15.6 Å². The van der Waals surface area contributed by atoms with Crippen molar-refractivity contribution in [1.82, 2.24) is 24.4 Å². The molecule has 238 valence electrons. The first-order valence-electron chi connectivity index (χ1n) is 16.2. The van der Waals surface area contributed by atoms with Gasteiger partial charge in [-0.1, -0.05) is 87.9 Å². The third kappa shape index (κ3) is 8.06. The third-order valence-electron chi connectivity index (χ3n) is 8.87. The fraction of sp³-hybridized carbons (Fsp3) is 0.543. The number of piperidine rings is 2. The molecule has 3 heterocycles. The van der Waals surface area contributed by atoms with Gasteiger partial charge in [0.05, 0.1) is 18.3 Å². The number of rotatable bonds is 10. The number of carbonyl (C=O) groups is 1. The topological polar surface area (TPSA) is 79.9 Å². The SMILES string of the molecule is CC(C)(C)[C@H](c1nc(-c2ccccc2)cn1Cc1ccccc1)N(C[C@H](F)CN)C(=O)ON1CCC(N2CCCCC2)CC1. The molecule has 2 fully saturated rings. The monoisotopic (exact) mass is 604 g/mol. The molecule has 0 radical (unpaired) electrons. The van der Waals surface area contributed by atoms with Crippen LogP contribution < -0.4 is 5.73 Å². The minimum Gasteiger partial charge on any atom is -0.351 e. The van der Waals surface area contributed by atoms with Crippen LogP contribution in [0.15, 0.2) is 66.9 Å². The fourth-order valence-electron chi connectivity index (χ4n) is 6.62. The van der Waals surface area contributed by atoms with E-state index < -0.39 is 23.7 Å². The zero-order valence-electron chi connectivity index (χ0n) is 26.6. The van der Waals surface area contributed by atoms with E-state index in [1.165, 1.54) is 24.2 Å². The summed E-state index contributed by atoms with van der Waals surface area (Å²) < 4.78 is 17.2. The standard InChI is InChI=1S/C35H49FN6O2/c1-35(2,3)32(33-38-31(28-15-9-5-10-16-28)26-40(33)24-27-13-7-4-8-14-27)42(25-29(36)23-37)34(43)44-41-21-17-30(18-22-41)39-19-11-6-12-20-39/h4-5,7-10,13-16,26,29-30,32H,6,11-12,17-25,37H2,1-3H3/t29-,32+/m1/s1. The number of nitrogens with two attached hydrogens (primary N) is 1. The molecule has 2 saturated heterocycles. The number of halogens is 1. The quantitative estimate of drug-likeness (QED) is 0.293. The largest absolute Gasteiger partial charge is 0.429 e. The molecule has 2 aliphatic heterocycles. The number of hydrogen-bond donors (Lipinski definition) is 1. The second-order valence-corrected chi connectivity index (χ2v) is 13.3. The van der Waals surface area contributed by atoms with Crippen LogP contribution in [-0.2, 0) is 11.4 Å². The molecule has 0 bridgehead atoms. The van der Waals surface area contributed by atoms with E-state index in [1.807, 2.05) is 54.7 Å². The first-order chi connectivity index (χ1) is 21.2. The minimum atomic E-state index is -1.40. The molecule has 1 amide bonds. The highest BCUT2D eigenvalue weighted by atomic mass is 19.1. The highest BCUT2D eigenvalue weighted by Gasteiger charge is 2.41. The van der Waals surface area contributed by atoms with Gasteiger partial charge in [-0.05, 0) is 49.8 Å². The van der Waals surface area contributed by atoms with E-state index in [0.29, 0.717) is 31.5 Å². The fourth-order valence-corrected chi connectivity index (χ4v) is 6.62. The van der Waals surface area contributed by atoms with Gasteiger partial charge in [-0.2, -0.15) is 0 Å². The van der Waals surface area contributed by atoms with Crippen molar-refractivity contribution < 1.29 is 14.0 Å². The lowest BCUT2D eigenvalue weighted by Crippen LogP contribution is -2.51. The molecule has 44 heavy (non-hydrogen) atoms. The van der Waals surface area contributed by atoms with Crippen molar-refractivity contribution in [2.75, 3.05) is 39.3 Å². The summed E-state index contributed by atoms with van der Waals surface area (Å²) >= 11 is 0. The Morgan fingerprint density at radius 3 is 2.25 bits per heavy atom. The molecule has 0 aliphatic carbocycles. The average Bonchev–Trinajstić information content (AvgIpc) is 3.44. The molecule has 8 nitrogen and oxygen atoms in total. The van der Waals surface area contributed by atoms with Gasteiger partial charge in [0, 0.05) is 44.0 Å². The minimum absolute atomic E-state index is 0.180. The van der Waals surface area contributed by atoms with Gasteiger partial charge >= 0.3 is 6.09 Å². The highest BCUT2D eigenvalue weighted by Crippen LogP contribution is 2.40. The van der Waals surface area contributed by atoms with Gasteiger partial charge < -0.3 is 20.0 Å². The Morgan fingerprint density at radius 1 is 1.00 bits per heavy atom. The number of likely N-dealkylation sites (tertiary alicyclic amines) is 1. The molecule has 1 aromatic heterocycles. The Kier molecular flexibility index (Phi) is 10.7. The number of amides is 1. The van der Waals surface area contributed by atoms with Gasteiger partial charge in [0.2, 0.25) is 0 Å². The lowest BCUT2D eigenvalue weighted by atomic mass is 9.84. The number of hydrogen-bond acceptors (Lipinski definition) is 6. The van der Waals surface area contributed by atoms with Crippen LogP contribution in [0.2, 0.25) is 0 Å². The summed E-state index contributed by atoms with van der Waals surface area (Å²) in [6, 6.07) is 20.1. The van der Waals surface area contributed by atoms with E-state index in [9.17, 15) is 4.79 Å². The molecule has 2 aliphatic rings. The van der Waals surface area contributed by atoms with Crippen molar-refractivity contribution in [3.63, 3.8) is 0 Å². The predicted octanol–water partition coefficient (Wildman–Crippen LogP) is 6.29. The highest BCUT2D eigenvalue weighted by molar-refractivity contribution is 5.68. The average molecular weight is 605 g/mol. The first-order valence-corrected chi connectivity index (χ1v) is 16.2. The van der Waals surface area contributed by atoms with Crippen LogP contribution in [0.4, 0.5) is 9.18 Å². The summed E-state index contributed by atoms with van der Waals surface area (Å²) in [5.74, 6) is 0.685. The van der Waals surface area contributed by atoms with Crippen LogP contribution in [0.25, 0.3) is 11.3 Å². The molecule has 0 unspecified atom stereocenters. The molecule has 2 atom stereocenters. The lowest BCUT2D eigenvalue weighted by molar-refractivity contribution is -0.139. The predicted molar refractivity (Wildman–Crippen MR) is 173 cm³/mol. The normalized spacial score (nSPS) is 18.6. The van der Waals surface area contributed by atoms with E-state index in [-0.39, 0.29) is 13.1 Å². The zero-order valence-corrected chi connectivity index (χ0v) is 26.6. The maximum absolute atomic E-state index is 15.1. The van der Waals surface area contributed by atoms with E-state index >= 15 is 4.39 Å². The smallest absolute Gasteiger partial charge is 0.351 e. The summed E-state index contributed by atoms with van der Waals surface area (Å²) in [6.45, 7) is 10.0. The number of hydroxylamine groups is 2. The van der Waals surface area contributed by atoms with Crippen LogP contribution in [0, 0.1) is 5.41 Å². The van der Waals surface area contributed by atoms with Crippen LogP contribution in [0.3, 0.4) is 0 Å². The second-order valence-electron chi connectivity index (χ2n) is 13.3. The van der Waals surface area contributed by atoms with Gasteiger partial charge in [-0.15, -0.1) is 5.06 Å². The Hall–Kier alpha value is -3.27. The van der Waals surface area contributed by atoms with Crippen molar-refractivity contribution in [3.8, 4) is 11.3 Å². The summed E-state index contributed by atoms with van der Waals surface area (Å²) in [6.07, 6.45) is 5.80. The molecule has 0 spiro atoms. The van der Waals surface area contributed by atoms with Crippen LogP contribution >= 0.6 is 0 Å². The van der Waals surface area contributed by atoms with Gasteiger partial charge in [-0.25, -0.2) is 14.2 Å². The molecule has 5 rings (SSSR count). The first kappa shape index (κ1) is 32.1. The van der Waals surface area contributed by atoms with E-state index in [1.54, 1.807) is 5.06 Å². The molecule has 2 aromatic carbocycles. The third-order valence-corrected chi connectivity index (χ3v) is 8.87. The van der Waals surface area contributed by atoms with Gasteiger partial charge in [0.25, 0.3) is 0 Å². The summed E-state index contributed by atoms with van der Waals surface area (Å²) in [5.41, 5.74) is 8.15.